The first-order valence-corrected chi connectivity index (χ1v) is 6.75. The summed E-state index contributed by atoms with van der Waals surface area (Å²) in [7, 11) is 0. The number of aliphatic hydroxyl groups excluding tert-OH is 1. The summed E-state index contributed by atoms with van der Waals surface area (Å²) in [6, 6.07) is 4.16. The number of nitrogens with one attached hydrogen (secondary N) is 1. The zero-order valence-corrected chi connectivity index (χ0v) is 11.5. The van der Waals surface area contributed by atoms with Crippen molar-refractivity contribution in [1.29, 1.82) is 0 Å². The number of hydrogen-bond acceptors (Lipinski definition) is 6. The highest BCUT2D eigenvalue weighted by Crippen LogP contribution is 2.28. The Balaban J connectivity index is 2.26. The summed E-state index contributed by atoms with van der Waals surface area (Å²) in [5, 5.41) is 19.9. The van der Waals surface area contributed by atoms with Crippen molar-refractivity contribution in [3.63, 3.8) is 0 Å². The van der Waals surface area contributed by atoms with Gasteiger partial charge in [-0.15, -0.1) is 0 Å². The van der Waals surface area contributed by atoms with Crippen LogP contribution in [-0.2, 0) is 0 Å². The molecule has 1 amide bonds. The smallest absolute Gasteiger partial charge is 0.293 e. The molecule has 8 nitrogen and oxygen atoms in total. The third kappa shape index (κ3) is 3.11. The van der Waals surface area contributed by atoms with Crippen molar-refractivity contribution in [3.8, 4) is 0 Å². The number of benzene rings is 1. The van der Waals surface area contributed by atoms with Gasteiger partial charge in [-0.05, 0) is 31.4 Å². The van der Waals surface area contributed by atoms with Gasteiger partial charge in [0.25, 0.3) is 11.6 Å². The Kier molecular flexibility index (Phi) is 4.71. The second-order valence-corrected chi connectivity index (χ2v) is 4.94. The van der Waals surface area contributed by atoms with Crippen molar-refractivity contribution >= 4 is 17.3 Å². The van der Waals surface area contributed by atoms with Crippen molar-refractivity contribution in [3.05, 3.63) is 33.9 Å². The molecule has 0 heterocycles. The summed E-state index contributed by atoms with van der Waals surface area (Å²) in [5.74, 6) is 5.02. The van der Waals surface area contributed by atoms with E-state index in [0.717, 1.165) is 19.3 Å². The maximum atomic E-state index is 12.5. The first-order chi connectivity index (χ1) is 10.1. The summed E-state index contributed by atoms with van der Waals surface area (Å²) in [5.41, 5.74) is 2.45. The quantitative estimate of drug-likeness (QED) is 0.406. The second kappa shape index (κ2) is 6.51. The molecule has 0 bridgehead atoms. The van der Waals surface area contributed by atoms with E-state index in [2.05, 4.69) is 5.43 Å². The van der Waals surface area contributed by atoms with Gasteiger partial charge in [0.1, 0.15) is 5.69 Å². The monoisotopic (exact) mass is 294 g/mol. The Bertz CT molecular complexity index is 545. The SMILES string of the molecule is NNc1cc(C(=O)N(CCO)C2CCC2)ccc1[N+](=O)[O-]. The van der Waals surface area contributed by atoms with Crippen LogP contribution in [-0.4, -0.2) is 40.0 Å². The number of carbonyl (C=O) groups excluding carboxylic acids is 1. The third-order valence-corrected chi connectivity index (χ3v) is 3.71. The van der Waals surface area contributed by atoms with E-state index >= 15 is 0 Å². The number of nitrogens with two attached hydrogens (primary N) is 1. The van der Waals surface area contributed by atoms with Gasteiger partial charge in [0, 0.05) is 24.2 Å². The molecule has 1 aliphatic rings. The van der Waals surface area contributed by atoms with Crippen LogP contribution in [0.5, 0.6) is 0 Å². The van der Waals surface area contributed by atoms with Crippen LogP contribution in [0.25, 0.3) is 0 Å². The predicted octanol–water partition coefficient (Wildman–Crippen LogP) is 0.867. The number of rotatable bonds is 6. The van der Waals surface area contributed by atoms with E-state index in [1.165, 1.54) is 18.2 Å². The molecule has 21 heavy (non-hydrogen) atoms. The Morgan fingerprint density at radius 2 is 2.24 bits per heavy atom. The van der Waals surface area contributed by atoms with Crippen LogP contribution in [0.15, 0.2) is 18.2 Å². The number of nitrogens with zero attached hydrogens (tertiary/aromatic N) is 2. The number of nitro benzene ring substituents is 1. The van der Waals surface area contributed by atoms with Crippen LogP contribution in [0.3, 0.4) is 0 Å². The van der Waals surface area contributed by atoms with Gasteiger partial charge in [0.2, 0.25) is 0 Å². The van der Waals surface area contributed by atoms with Gasteiger partial charge in [0.05, 0.1) is 11.5 Å². The number of aliphatic hydroxyl groups is 1. The zero-order valence-electron chi connectivity index (χ0n) is 11.5. The number of amides is 1. The Labute approximate surface area is 121 Å². The van der Waals surface area contributed by atoms with Crippen LogP contribution >= 0.6 is 0 Å². The lowest BCUT2D eigenvalue weighted by molar-refractivity contribution is -0.384. The van der Waals surface area contributed by atoms with E-state index in [-0.39, 0.29) is 36.5 Å². The van der Waals surface area contributed by atoms with Gasteiger partial charge < -0.3 is 15.4 Å². The molecular formula is C13H18N4O4. The van der Waals surface area contributed by atoms with E-state index < -0.39 is 4.92 Å². The number of carbonyl (C=O) groups is 1. The van der Waals surface area contributed by atoms with Crippen LogP contribution in [0.1, 0.15) is 29.6 Å². The lowest BCUT2D eigenvalue weighted by Crippen LogP contribution is -2.45. The third-order valence-electron chi connectivity index (χ3n) is 3.71. The Morgan fingerprint density at radius 1 is 1.52 bits per heavy atom. The van der Waals surface area contributed by atoms with Crippen molar-refractivity contribution < 1.29 is 14.8 Å². The Morgan fingerprint density at radius 3 is 2.71 bits per heavy atom. The van der Waals surface area contributed by atoms with E-state index in [1.807, 2.05) is 0 Å². The first-order valence-electron chi connectivity index (χ1n) is 6.75. The first kappa shape index (κ1) is 15.2. The molecule has 1 aliphatic carbocycles. The van der Waals surface area contributed by atoms with Crippen molar-refractivity contribution in [1.82, 2.24) is 4.90 Å². The van der Waals surface area contributed by atoms with Crippen molar-refractivity contribution in [2.45, 2.75) is 25.3 Å². The predicted molar refractivity (Wildman–Crippen MR) is 76.7 cm³/mol. The molecule has 4 N–H and O–H groups in total. The van der Waals surface area contributed by atoms with E-state index in [4.69, 9.17) is 10.9 Å². The molecule has 0 spiro atoms. The lowest BCUT2D eigenvalue weighted by Gasteiger charge is -2.37. The summed E-state index contributed by atoms with van der Waals surface area (Å²) in [4.78, 5) is 24.4. The maximum absolute atomic E-state index is 12.5. The molecule has 0 radical (unpaired) electrons. The molecule has 0 unspecified atom stereocenters. The van der Waals surface area contributed by atoms with E-state index in [1.54, 1.807) is 4.90 Å². The highest BCUT2D eigenvalue weighted by Gasteiger charge is 2.29. The van der Waals surface area contributed by atoms with Crippen molar-refractivity contribution in [2.75, 3.05) is 18.6 Å². The minimum absolute atomic E-state index is 0.0865. The average molecular weight is 294 g/mol. The van der Waals surface area contributed by atoms with Gasteiger partial charge in [-0.25, -0.2) is 0 Å². The van der Waals surface area contributed by atoms with E-state index in [9.17, 15) is 14.9 Å². The standard InChI is InChI=1S/C13H18N4O4/c14-15-11-8-9(4-5-12(11)17(20)21)13(19)16(6-7-18)10-2-1-3-10/h4-5,8,10,15,18H,1-3,6-7,14H2. The van der Waals surface area contributed by atoms with E-state index in [0.29, 0.717) is 5.56 Å². The summed E-state index contributed by atoms with van der Waals surface area (Å²) in [6.45, 7) is 0.142. The number of hydrogen-bond donors (Lipinski definition) is 3. The fraction of sp³-hybridized carbons (Fsp3) is 0.462. The Hall–Kier alpha value is -2.19. The van der Waals surface area contributed by atoms with Gasteiger partial charge >= 0.3 is 0 Å². The van der Waals surface area contributed by atoms with Gasteiger partial charge in [-0.2, -0.15) is 0 Å². The molecule has 2 rings (SSSR count). The molecule has 0 saturated heterocycles. The van der Waals surface area contributed by atoms with Gasteiger partial charge in [-0.1, -0.05) is 0 Å². The highest BCUT2D eigenvalue weighted by molar-refractivity contribution is 5.96. The molecule has 0 aliphatic heterocycles. The fourth-order valence-electron chi connectivity index (χ4n) is 2.37. The lowest BCUT2D eigenvalue weighted by atomic mass is 9.91. The molecule has 1 fully saturated rings. The van der Waals surface area contributed by atoms with Crippen LogP contribution in [0.4, 0.5) is 11.4 Å². The van der Waals surface area contributed by atoms with Crippen LogP contribution in [0, 0.1) is 10.1 Å². The van der Waals surface area contributed by atoms with Gasteiger partial charge in [0.15, 0.2) is 0 Å². The minimum Gasteiger partial charge on any atom is -0.395 e. The number of hydrazine groups is 1. The fourth-order valence-corrected chi connectivity index (χ4v) is 2.37. The second-order valence-electron chi connectivity index (χ2n) is 4.94. The number of anilines is 1. The molecule has 1 aromatic rings. The molecule has 0 aromatic heterocycles. The molecule has 1 saturated carbocycles. The van der Waals surface area contributed by atoms with Gasteiger partial charge in [-0.3, -0.25) is 20.8 Å². The summed E-state index contributed by atoms with van der Waals surface area (Å²) < 4.78 is 0. The highest BCUT2D eigenvalue weighted by atomic mass is 16.6. The summed E-state index contributed by atoms with van der Waals surface area (Å²) >= 11 is 0. The molecule has 0 atom stereocenters. The number of nitro groups is 1. The maximum Gasteiger partial charge on any atom is 0.293 e. The molecular weight excluding hydrogens is 276 g/mol. The normalized spacial score (nSPS) is 14.4. The molecule has 1 aromatic carbocycles. The minimum atomic E-state index is -0.569. The average Bonchev–Trinajstić information content (AvgIpc) is 2.43. The molecule has 114 valence electrons. The molecule has 8 heteroatoms. The topological polar surface area (TPSA) is 122 Å². The van der Waals surface area contributed by atoms with Crippen molar-refractivity contribution in [2.24, 2.45) is 5.84 Å². The van der Waals surface area contributed by atoms with Crippen LogP contribution in [0.2, 0.25) is 0 Å². The largest absolute Gasteiger partial charge is 0.395 e. The number of nitrogen functional groups attached to an aromatic ring is 1. The van der Waals surface area contributed by atoms with Crippen LogP contribution < -0.4 is 11.3 Å². The zero-order chi connectivity index (χ0) is 15.4. The summed E-state index contributed by atoms with van der Waals surface area (Å²) in [6.07, 6.45) is 2.90.